The summed E-state index contributed by atoms with van der Waals surface area (Å²) in [6, 6.07) is 5.99. The fourth-order valence-corrected chi connectivity index (χ4v) is 1.21. The highest BCUT2D eigenvalue weighted by atomic mass is 16.3. The summed E-state index contributed by atoms with van der Waals surface area (Å²) in [6.45, 7) is 3.66. The average Bonchev–Trinajstić information content (AvgIpc) is 2.04. The molecule has 3 nitrogen and oxygen atoms in total. The van der Waals surface area contributed by atoms with E-state index in [0.29, 0.717) is 6.54 Å². The summed E-state index contributed by atoms with van der Waals surface area (Å²) < 4.78 is 0. The molecule has 3 heteroatoms. The van der Waals surface area contributed by atoms with Crippen LogP contribution in [-0.4, -0.2) is 35.2 Å². The second kappa shape index (κ2) is 4.94. The molecule has 13 heavy (non-hydrogen) atoms. The van der Waals surface area contributed by atoms with Crippen LogP contribution in [0.25, 0.3) is 0 Å². The highest BCUT2D eigenvalue weighted by molar-refractivity contribution is 5.09. The zero-order valence-electron chi connectivity index (χ0n) is 8.20. The summed E-state index contributed by atoms with van der Waals surface area (Å²) in [5.41, 5.74) is 2.09. The first-order chi connectivity index (χ1) is 6.22. The molecule has 0 saturated carbocycles. The van der Waals surface area contributed by atoms with Gasteiger partial charge in [-0.1, -0.05) is 6.07 Å². The zero-order chi connectivity index (χ0) is 9.68. The number of aromatic nitrogens is 1. The van der Waals surface area contributed by atoms with Gasteiger partial charge in [0.15, 0.2) is 0 Å². The molecule has 1 aromatic heterocycles. The molecule has 0 saturated heterocycles. The van der Waals surface area contributed by atoms with Crippen LogP contribution in [0.5, 0.6) is 0 Å². The number of rotatable bonds is 4. The van der Waals surface area contributed by atoms with Crippen LogP contribution in [0, 0.1) is 6.92 Å². The monoisotopic (exact) mass is 180 g/mol. The molecule has 0 aromatic carbocycles. The predicted molar refractivity (Wildman–Crippen MR) is 52.4 cm³/mol. The first-order valence-electron chi connectivity index (χ1n) is 4.44. The molecule has 0 aliphatic carbocycles. The number of pyridine rings is 1. The summed E-state index contributed by atoms with van der Waals surface area (Å²) in [5, 5.41) is 8.71. The molecule has 0 bridgehead atoms. The van der Waals surface area contributed by atoms with E-state index in [9.17, 15) is 0 Å². The smallest absolute Gasteiger partial charge is 0.0558 e. The largest absolute Gasteiger partial charge is 0.395 e. The van der Waals surface area contributed by atoms with Crippen LogP contribution in [-0.2, 0) is 6.54 Å². The van der Waals surface area contributed by atoms with Crippen molar-refractivity contribution < 1.29 is 5.11 Å². The van der Waals surface area contributed by atoms with Crippen molar-refractivity contribution in [3.63, 3.8) is 0 Å². The third kappa shape index (κ3) is 3.53. The van der Waals surface area contributed by atoms with Crippen molar-refractivity contribution in [2.45, 2.75) is 13.5 Å². The minimum absolute atomic E-state index is 0.197. The Hall–Kier alpha value is -0.930. The molecule has 0 radical (unpaired) electrons. The molecule has 0 unspecified atom stereocenters. The Morgan fingerprint density at radius 3 is 2.85 bits per heavy atom. The second-order valence-electron chi connectivity index (χ2n) is 3.23. The number of hydrogen-bond donors (Lipinski definition) is 1. The third-order valence-electron chi connectivity index (χ3n) is 1.86. The van der Waals surface area contributed by atoms with E-state index in [4.69, 9.17) is 5.11 Å². The molecule has 0 aliphatic rings. The highest BCUT2D eigenvalue weighted by Crippen LogP contribution is 2.00. The second-order valence-corrected chi connectivity index (χ2v) is 3.23. The Labute approximate surface area is 79.0 Å². The van der Waals surface area contributed by atoms with Gasteiger partial charge in [-0.05, 0) is 26.1 Å². The quantitative estimate of drug-likeness (QED) is 0.745. The summed E-state index contributed by atoms with van der Waals surface area (Å²) in [5.74, 6) is 0. The zero-order valence-corrected chi connectivity index (χ0v) is 8.20. The summed E-state index contributed by atoms with van der Waals surface area (Å²) in [7, 11) is 1.97. The van der Waals surface area contributed by atoms with Crippen molar-refractivity contribution in [3.8, 4) is 0 Å². The van der Waals surface area contributed by atoms with Gasteiger partial charge in [0.05, 0.1) is 12.3 Å². The van der Waals surface area contributed by atoms with Crippen LogP contribution < -0.4 is 0 Å². The molecular formula is C10H16N2O. The van der Waals surface area contributed by atoms with E-state index >= 15 is 0 Å². The van der Waals surface area contributed by atoms with Gasteiger partial charge in [0.1, 0.15) is 0 Å². The van der Waals surface area contributed by atoms with E-state index < -0.39 is 0 Å². The topological polar surface area (TPSA) is 36.4 Å². The van der Waals surface area contributed by atoms with Gasteiger partial charge in [0, 0.05) is 18.8 Å². The molecule has 1 rings (SSSR count). The number of aryl methyl sites for hydroxylation is 1. The number of aliphatic hydroxyl groups excluding tert-OH is 1. The highest BCUT2D eigenvalue weighted by Gasteiger charge is 1.99. The van der Waals surface area contributed by atoms with Gasteiger partial charge in [-0.3, -0.25) is 9.88 Å². The van der Waals surface area contributed by atoms with Crippen molar-refractivity contribution in [1.82, 2.24) is 9.88 Å². The maximum atomic E-state index is 8.71. The Bertz CT molecular complexity index is 263. The molecule has 72 valence electrons. The Morgan fingerprint density at radius 2 is 2.23 bits per heavy atom. The van der Waals surface area contributed by atoms with E-state index in [-0.39, 0.29) is 6.61 Å². The minimum Gasteiger partial charge on any atom is -0.395 e. The van der Waals surface area contributed by atoms with Crippen molar-refractivity contribution in [2.75, 3.05) is 20.2 Å². The van der Waals surface area contributed by atoms with Gasteiger partial charge in [0.25, 0.3) is 0 Å². The van der Waals surface area contributed by atoms with E-state index in [0.717, 1.165) is 17.9 Å². The first-order valence-corrected chi connectivity index (χ1v) is 4.44. The molecule has 0 aliphatic heterocycles. The lowest BCUT2D eigenvalue weighted by molar-refractivity contribution is 0.216. The van der Waals surface area contributed by atoms with Crippen LogP contribution in [0.1, 0.15) is 11.4 Å². The average molecular weight is 180 g/mol. The van der Waals surface area contributed by atoms with Gasteiger partial charge in [-0.2, -0.15) is 0 Å². The summed E-state index contributed by atoms with van der Waals surface area (Å²) in [6.07, 6.45) is 0. The molecular weight excluding hydrogens is 164 g/mol. The lowest BCUT2D eigenvalue weighted by Gasteiger charge is -2.14. The summed E-state index contributed by atoms with van der Waals surface area (Å²) in [4.78, 5) is 6.42. The maximum absolute atomic E-state index is 8.71. The summed E-state index contributed by atoms with van der Waals surface area (Å²) >= 11 is 0. The van der Waals surface area contributed by atoms with Gasteiger partial charge in [-0.25, -0.2) is 0 Å². The number of aliphatic hydroxyl groups is 1. The van der Waals surface area contributed by atoms with E-state index in [1.54, 1.807) is 0 Å². The fraction of sp³-hybridized carbons (Fsp3) is 0.500. The SMILES string of the molecule is Cc1cccc(CN(C)CCO)n1. The van der Waals surface area contributed by atoms with Crippen LogP contribution in [0.2, 0.25) is 0 Å². The number of likely N-dealkylation sites (N-methyl/N-ethyl adjacent to an activating group) is 1. The standard InChI is InChI=1S/C10H16N2O/c1-9-4-3-5-10(11-9)8-12(2)6-7-13/h3-5,13H,6-8H2,1-2H3. The predicted octanol–water partition coefficient (Wildman–Crippen LogP) is 0.814. The van der Waals surface area contributed by atoms with Crippen LogP contribution >= 0.6 is 0 Å². The lowest BCUT2D eigenvalue weighted by Crippen LogP contribution is -2.22. The number of nitrogens with zero attached hydrogens (tertiary/aromatic N) is 2. The molecule has 1 N–H and O–H groups in total. The number of hydrogen-bond acceptors (Lipinski definition) is 3. The Kier molecular flexibility index (Phi) is 3.86. The molecule has 0 amide bonds. The van der Waals surface area contributed by atoms with E-state index in [2.05, 4.69) is 4.98 Å². The fourth-order valence-electron chi connectivity index (χ4n) is 1.21. The Balaban J connectivity index is 2.53. The Morgan fingerprint density at radius 1 is 1.46 bits per heavy atom. The van der Waals surface area contributed by atoms with Crippen LogP contribution in [0.15, 0.2) is 18.2 Å². The normalized spacial score (nSPS) is 10.8. The molecule has 1 heterocycles. The minimum atomic E-state index is 0.197. The van der Waals surface area contributed by atoms with Crippen molar-refractivity contribution >= 4 is 0 Å². The van der Waals surface area contributed by atoms with E-state index in [1.165, 1.54) is 0 Å². The maximum Gasteiger partial charge on any atom is 0.0558 e. The molecule has 0 fully saturated rings. The molecule has 1 aromatic rings. The first kappa shape index (κ1) is 10.2. The van der Waals surface area contributed by atoms with Crippen molar-refractivity contribution in [2.24, 2.45) is 0 Å². The third-order valence-corrected chi connectivity index (χ3v) is 1.86. The van der Waals surface area contributed by atoms with Crippen molar-refractivity contribution in [1.29, 1.82) is 0 Å². The van der Waals surface area contributed by atoms with Crippen LogP contribution in [0.3, 0.4) is 0 Å². The van der Waals surface area contributed by atoms with Gasteiger partial charge in [0.2, 0.25) is 0 Å². The van der Waals surface area contributed by atoms with Gasteiger partial charge < -0.3 is 5.11 Å². The lowest BCUT2D eigenvalue weighted by atomic mass is 10.3. The van der Waals surface area contributed by atoms with Gasteiger partial charge >= 0.3 is 0 Å². The van der Waals surface area contributed by atoms with Crippen LogP contribution in [0.4, 0.5) is 0 Å². The molecule has 0 atom stereocenters. The molecule has 0 spiro atoms. The van der Waals surface area contributed by atoms with E-state index in [1.807, 2.05) is 37.1 Å². The van der Waals surface area contributed by atoms with Gasteiger partial charge in [-0.15, -0.1) is 0 Å². The van der Waals surface area contributed by atoms with Crippen molar-refractivity contribution in [3.05, 3.63) is 29.6 Å².